The number of hydrogen-bond acceptors (Lipinski definition) is 3. The van der Waals surface area contributed by atoms with Crippen molar-refractivity contribution in [1.82, 2.24) is 0 Å². The zero-order chi connectivity index (χ0) is 11.0. The summed E-state index contributed by atoms with van der Waals surface area (Å²) in [4.78, 5) is 11.5. The molecule has 1 aliphatic rings. The van der Waals surface area contributed by atoms with E-state index >= 15 is 0 Å². The molecule has 15 heavy (non-hydrogen) atoms. The summed E-state index contributed by atoms with van der Waals surface area (Å²) in [5, 5.41) is 8.64. The van der Waals surface area contributed by atoms with E-state index in [0.717, 1.165) is 21.8 Å². The molecule has 0 fully saturated rings. The summed E-state index contributed by atoms with van der Waals surface area (Å²) in [5.74, 6) is -0.0545. The van der Waals surface area contributed by atoms with Gasteiger partial charge in [0.1, 0.15) is 5.00 Å². The van der Waals surface area contributed by atoms with Gasteiger partial charge < -0.3 is 0 Å². The van der Waals surface area contributed by atoms with Gasteiger partial charge in [-0.25, -0.2) is 0 Å². The minimum absolute atomic E-state index is 0.0545. The second-order valence-corrected chi connectivity index (χ2v) is 4.43. The molecule has 78 valence electrons. The molecule has 0 spiro atoms. The number of carbonyl (C=O) groups excluding carboxylic acids is 1. The van der Waals surface area contributed by atoms with Crippen molar-refractivity contribution >= 4 is 33.5 Å². The Labute approximate surface area is 92.7 Å². The molecular formula is C11H12N2OS. The lowest BCUT2D eigenvalue weighted by Crippen LogP contribution is -2.22. The van der Waals surface area contributed by atoms with Crippen LogP contribution in [0.25, 0.3) is 5.57 Å². The molecule has 0 atom stereocenters. The van der Waals surface area contributed by atoms with E-state index in [0.29, 0.717) is 0 Å². The molecule has 1 aromatic heterocycles. The Kier molecular flexibility index (Phi) is 2.44. The van der Waals surface area contributed by atoms with Crippen LogP contribution in [0.15, 0.2) is 22.6 Å². The van der Waals surface area contributed by atoms with Gasteiger partial charge in [-0.15, -0.1) is 11.3 Å². The summed E-state index contributed by atoms with van der Waals surface area (Å²) in [7, 11) is 0. The van der Waals surface area contributed by atoms with Gasteiger partial charge in [-0.05, 0) is 36.9 Å². The molecule has 0 N–H and O–H groups in total. The van der Waals surface area contributed by atoms with E-state index in [1.54, 1.807) is 0 Å². The summed E-state index contributed by atoms with van der Waals surface area (Å²) in [5.41, 5.74) is 3.10. The Hall–Kier alpha value is -1.42. The predicted molar refractivity (Wildman–Crippen MR) is 64.2 cm³/mol. The highest BCUT2D eigenvalue weighted by molar-refractivity contribution is 7.14. The van der Waals surface area contributed by atoms with Gasteiger partial charge in [0, 0.05) is 12.5 Å². The zero-order valence-electron chi connectivity index (χ0n) is 8.94. The fraction of sp³-hybridized carbons (Fsp3) is 0.273. The van der Waals surface area contributed by atoms with Crippen LogP contribution in [0.1, 0.15) is 26.3 Å². The van der Waals surface area contributed by atoms with Crippen molar-refractivity contribution in [3.05, 3.63) is 23.1 Å². The maximum atomic E-state index is 11.5. The second-order valence-electron chi connectivity index (χ2n) is 3.54. The molecule has 0 unspecified atom stereocenters. The lowest BCUT2D eigenvalue weighted by molar-refractivity contribution is -0.116. The topological polar surface area (TPSA) is 32.7 Å². The molecule has 3 nitrogen and oxygen atoms in total. The molecule has 0 saturated carbocycles. The van der Waals surface area contributed by atoms with E-state index < -0.39 is 0 Å². The van der Waals surface area contributed by atoms with Gasteiger partial charge >= 0.3 is 0 Å². The molecular weight excluding hydrogens is 208 g/mol. The van der Waals surface area contributed by atoms with Gasteiger partial charge in [-0.1, -0.05) is 0 Å². The average molecular weight is 220 g/mol. The lowest BCUT2D eigenvalue weighted by Gasteiger charge is -2.13. The van der Waals surface area contributed by atoms with Crippen molar-refractivity contribution in [2.45, 2.75) is 20.8 Å². The molecule has 0 radical (unpaired) electrons. The second kappa shape index (κ2) is 3.62. The molecule has 2 heterocycles. The van der Waals surface area contributed by atoms with Crippen molar-refractivity contribution in [3.63, 3.8) is 0 Å². The van der Waals surface area contributed by atoms with Gasteiger partial charge in [0.2, 0.25) is 5.91 Å². The first-order valence-corrected chi connectivity index (χ1v) is 5.59. The number of thiophene rings is 1. The molecule has 1 aromatic rings. The van der Waals surface area contributed by atoms with Crippen LogP contribution in [-0.2, 0) is 4.79 Å². The monoisotopic (exact) mass is 220 g/mol. The smallest absolute Gasteiger partial charge is 0.245 e. The average Bonchev–Trinajstić information content (AvgIpc) is 2.57. The first-order chi connectivity index (χ1) is 7.09. The van der Waals surface area contributed by atoms with E-state index in [4.69, 9.17) is 0 Å². The van der Waals surface area contributed by atoms with E-state index in [9.17, 15) is 4.79 Å². The largest absolute Gasteiger partial charge is 0.273 e. The number of rotatable bonds is 0. The minimum atomic E-state index is -0.0545. The predicted octanol–water partition coefficient (Wildman–Crippen LogP) is 2.89. The number of carbonyl (C=O) groups is 1. The zero-order valence-corrected chi connectivity index (χ0v) is 9.76. The summed E-state index contributed by atoms with van der Waals surface area (Å²) >= 11 is 1.54. The normalized spacial score (nSPS) is 15.3. The van der Waals surface area contributed by atoms with Crippen molar-refractivity contribution in [1.29, 1.82) is 0 Å². The van der Waals surface area contributed by atoms with Crippen LogP contribution in [0.2, 0.25) is 0 Å². The number of amides is 1. The van der Waals surface area contributed by atoms with Gasteiger partial charge in [-0.2, -0.15) is 10.1 Å². The molecule has 0 saturated heterocycles. The third-order valence-corrected chi connectivity index (χ3v) is 3.13. The van der Waals surface area contributed by atoms with Crippen molar-refractivity contribution < 1.29 is 4.79 Å². The van der Waals surface area contributed by atoms with E-state index in [1.165, 1.54) is 23.3 Å². The maximum Gasteiger partial charge on any atom is 0.245 e. The van der Waals surface area contributed by atoms with Crippen LogP contribution in [0.4, 0.5) is 5.00 Å². The Balaban J connectivity index is 2.60. The van der Waals surface area contributed by atoms with Crippen LogP contribution < -0.4 is 5.01 Å². The number of anilines is 1. The number of fused-ring (bicyclic) bond motifs is 1. The summed E-state index contributed by atoms with van der Waals surface area (Å²) < 4.78 is 0. The summed E-state index contributed by atoms with van der Waals surface area (Å²) in [6.07, 6.45) is 1.99. The molecule has 4 heteroatoms. The Morgan fingerprint density at radius 1 is 1.47 bits per heavy atom. The molecule has 0 aromatic carbocycles. The third-order valence-electron chi connectivity index (χ3n) is 2.24. The van der Waals surface area contributed by atoms with Crippen LogP contribution in [-0.4, -0.2) is 11.6 Å². The van der Waals surface area contributed by atoms with Gasteiger partial charge in [0.15, 0.2) is 0 Å². The number of hydrogen-bond donors (Lipinski definition) is 0. The van der Waals surface area contributed by atoms with E-state index in [1.807, 2.05) is 31.4 Å². The summed E-state index contributed by atoms with van der Waals surface area (Å²) in [6, 6.07) is 2.02. The highest BCUT2D eigenvalue weighted by Crippen LogP contribution is 2.34. The Bertz CT molecular complexity index is 471. The minimum Gasteiger partial charge on any atom is -0.273 e. The van der Waals surface area contributed by atoms with Crippen molar-refractivity contribution in [2.24, 2.45) is 5.10 Å². The number of hydrazone groups is 1. The van der Waals surface area contributed by atoms with Crippen LogP contribution in [0, 0.1) is 0 Å². The van der Waals surface area contributed by atoms with Crippen molar-refractivity contribution in [3.8, 4) is 0 Å². The molecule has 1 amide bonds. The number of nitrogens with zero attached hydrogens (tertiary/aromatic N) is 2. The highest BCUT2D eigenvalue weighted by Gasteiger charge is 2.19. The van der Waals surface area contributed by atoms with Crippen LogP contribution >= 0.6 is 11.3 Å². The molecule has 2 rings (SSSR count). The number of allylic oxidation sites excluding steroid dienone is 2. The highest BCUT2D eigenvalue weighted by atomic mass is 32.1. The fourth-order valence-corrected chi connectivity index (χ4v) is 2.56. The van der Waals surface area contributed by atoms with E-state index in [2.05, 4.69) is 5.10 Å². The first-order valence-electron chi connectivity index (χ1n) is 4.71. The van der Waals surface area contributed by atoms with Crippen molar-refractivity contribution in [2.75, 3.05) is 5.01 Å². The quantitative estimate of drug-likeness (QED) is 0.661. The van der Waals surface area contributed by atoms with Gasteiger partial charge in [0.05, 0.1) is 5.71 Å². The standard InChI is InChI=1S/C11H12N2OS/c1-7-6-8(2)12-13(9(3)14)11-10(7)4-5-15-11/h4-6H,1-3H3. The maximum absolute atomic E-state index is 11.5. The Morgan fingerprint density at radius 3 is 2.87 bits per heavy atom. The first kappa shape index (κ1) is 10.1. The molecule has 1 aliphatic heterocycles. The summed E-state index contributed by atoms with van der Waals surface area (Å²) in [6.45, 7) is 5.46. The lowest BCUT2D eigenvalue weighted by atomic mass is 10.1. The fourth-order valence-electron chi connectivity index (χ4n) is 1.60. The van der Waals surface area contributed by atoms with Crippen LogP contribution in [0.3, 0.4) is 0 Å². The van der Waals surface area contributed by atoms with E-state index in [-0.39, 0.29) is 5.91 Å². The third kappa shape index (κ3) is 1.72. The molecule has 0 bridgehead atoms. The van der Waals surface area contributed by atoms with Crippen LogP contribution in [0.5, 0.6) is 0 Å². The Morgan fingerprint density at radius 2 is 2.20 bits per heavy atom. The SMILES string of the molecule is CC(=O)N1N=C(C)C=C(C)c2ccsc21. The van der Waals surface area contributed by atoms with Gasteiger partial charge in [-0.3, -0.25) is 4.79 Å². The molecule has 0 aliphatic carbocycles. The van der Waals surface area contributed by atoms with Gasteiger partial charge in [0.25, 0.3) is 0 Å².